The molecule has 5 nitrogen and oxygen atoms in total. The van der Waals surface area contributed by atoms with Crippen LogP contribution in [-0.2, 0) is 18.8 Å². The van der Waals surface area contributed by atoms with Gasteiger partial charge >= 0.3 is 5.97 Å². The Balaban J connectivity index is 4.83. The molecule has 24 heavy (non-hydrogen) atoms. The summed E-state index contributed by atoms with van der Waals surface area (Å²) < 4.78 is 11.0. The summed E-state index contributed by atoms with van der Waals surface area (Å²) in [4.78, 5) is 23.9. The number of carbonyl (C=O) groups is 2. The smallest absolute Gasteiger partial charge is 0.313 e. The molecule has 0 aliphatic heterocycles. The average molecular weight is 361 g/mol. The minimum Gasteiger partial charge on any atom is -0.466 e. The van der Waals surface area contributed by atoms with E-state index in [0.717, 1.165) is 0 Å². The van der Waals surface area contributed by atoms with Crippen LogP contribution >= 0.6 is 0 Å². The van der Waals surface area contributed by atoms with Gasteiger partial charge in [-0.3, -0.25) is 9.59 Å². The molecule has 0 aromatic rings. The normalized spacial score (nSPS) is 15.8. The molecule has 0 radical (unpaired) electrons. The summed E-state index contributed by atoms with van der Waals surface area (Å²) in [5.74, 6) is -1.07. The maximum absolute atomic E-state index is 12.4. The van der Waals surface area contributed by atoms with Gasteiger partial charge in [0.25, 0.3) is 0 Å². The van der Waals surface area contributed by atoms with Crippen molar-refractivity contribution >= 4 is 20.1 Å². The third-order valence-electron chi connectivity index (χ3n) is 5.12. The van der Waals surface area contributed by atoms with Gasteiger partial charge in [-0.15, -0.1) is 0 Å². The molecule has 0 aromatic heterocycles. The third-order valence-corrected chi connectivity index (χ3v) is 9.62. The molecule has 6 heteroatoms. The van der Waals surface area contributed by atoms with Crippen LogP contribution in [0.1, 0.15) is 54.9 Å². The van der Waals surface area contributed by atoms with E-state index in [4.69, 9.17) is 9.16 Å². The molecule has 0 saturated heterocycles. The van der Waals surface area contributed by atoms with Crippen LogP contribution in [0.4, 0.5) is 0 Å². The number of hydrogen-bond donors (Lipinski definition) is 1. The van der Waals surface area contributed by atoms with E-state index in [1.165, 1.54) is 0 Å². The maximum Gasteiger partial charge on any atom is 0.313 e. The first-order chi connectivity index (χ1) is 10.7. The van der Waals surface area contributed by atoms with Gasteiger partial charge in [0.15, 0.2) is 14.1 Å². The molecule has 0 spiro atoms. The zero-order valence-electron chi connectivity index (χ0n) is 16.9. The van der Waals surface area contributed by atoms with Crippen molar-refractivity contribution in [3.63, 3.8) is 0 Å². The van der Waals surface area contributed by atoms with E-state index in [-0.39, 0.29) is 29.8 Å². The topological polar surface area (TPSA) is 72.8 Å². The second-order valence-corrected chi connectivity index (χ2v) is 13.4. The minimum atomic E-state index is -1.91. The van der Waals surface area contributed by atoms with Gasteiger partial charge in [-0.2, -0.15) is 0 Å². The average Bonchev–Trinajstić information content (AvgIpc) is 2.42. The quantitative estimate of drug-likeness (QED) is 0.387. The van der Waals surface area contributed by atoms with Crippen molar-refractivity contribution < 1.29 is 23.9 Å². The fourth-order valence-corrected chi connectivity index (χ4v) is 3.21. The summed E-state index contributed by atoms with van der Waals surface area (Å²) in [5.41, 5.74) is -1.02. The second kappa shape index (κ2) is 8.58. The molecule has 0 amide bonds. The summed E-state index contributed by atoms with van der Waals surface area (Å²) in [5, 5.41) is 10.7. The third kappa shape index (κ3) is 6.30. The van der Waals surface area contributed by atoms with Crippen molar-refractivity contribution in [2.24, 2.45) is 11.3 Å². The number of ketones is 1. The molecule has 0 aliphatic carbocycles. The van der Waals surface area contributed by atoms with Crippen molar-refractivity contribution in [2.45, 2.75) is 79.1 Å². The molecule has 0 unspecified atom stereocenters. The summed E-state index contributed by atoms with van der Waals surface area (Å²) in [6.07, 6.45) is -1.20. The van der Waals surface area contributed by atoms with Crippen LogP contribution in [0.25, 0.3) is 0 Å². The predicted molar refractivity (Wildman–Crippen MR) is 98.4 cm³/mol. The predicted octanol–water partition coefficient (Wildman–Crippen LogP) is 3.55. The highest BCUT2D eigenvalue weighted by atomic mass is 28.4. The van der Waals surface area contributed by atoms with E-state index in [1.807, 2.05) is 6.92 Å². The Hall–Kier alpha value is -0.723. The first-order valence-electron chi connectivity index (χ1n) is 8.67. The number of esters is 1. The fraction of sp³-hybridized carbons (Fsp3) is 0.889. The van der Waals surface area contributed by atoms with Gasteiger partial charge in [0.2, 0.25) is 0 Å². The Morgan fingerprint density at radius 1 is 1.12 bits per heavy atom. The summed E-state index contributed by atoms with van der Waals surface area (Å²) in [6.45, 7) is 18.3. The summed E-state index contributed by atoms with van der Waals surface area (Å²) in [6, 6.07) is 0. The molecule has 0 aliphatic rings. The lowest BCUT2D eigenvalue weighted by Crippen LogP contribution is -2.46. The number of aliphatic hydroxyl groups excluding tert-OH is 1. The van der Waals surface area contributed by atoms with Crippen molar-refractivity contribution in [2.75, 3.05) is 13.2 Å². The molecule has 0 aromatic carbocycles. The molecular formula is C18H36O5Si. The van der Waals surface area contributed by atoms with Crippen molar-refractivity contribution in [1.82, 2.24) is 0 Å². The van der Waals surface area contributed by atoms with Crippen LogP contribution in [0.5, 0.6) is 0 Å². The SMILES string of the molecule is CCOC(=O)CC(=O)C(C)(C)[C@@H](O)[C@H](C)CO[Si](C)(C)C(C)(C)C. The van der Waals surface area contributed by atoms with E-state index >= 15 is 0 Å². The van der Waals surface area contributed by atoms with Crippen molar-refractivity contribution in [3.05, 3.63) is 0 Å². The zero-order valence-corrected chi connectivity index (χ0v) is 17.9. The van der Waals surface area contributed by atoms with Gasteiger partial charge in [-0.1, -0.05) is 41.5 Å². The highest BCUT2D eigenvalue weighted by Gasteiger charge is 2.42. The molecule has 1 N–H and O–H groups in total. The molecule has 0 rings (SSSR count). The van der Waals surface area contributed by atoms with Crippen molar-refractivity contribution in [1.29, 1.82) is 0 Å². The number of rotatable bonds is 9. The van der Waals surface area contributed by atoms with Gasteiger partial charge in [0.05, 0.1) is 18.1 Å². The molecular weight excluding hydrogens is 324 g/mol. The summed E-state index contributed by atoms with van der Waals surface area (Å²) in [7, 11) is -1.91. The van der Waals surface area contributed by atoms with Crippen LogP contribution in [0.2, 0.25) is 18.1 Å². The summed E-state index contributed by atoms with van der Waals surface area (Å²) >= 11 is 0. The fourth-order valence-electron chi connectivity index (χ4n) is 2.09. The Morgan fingerprint density at radius 2 is 1.62 bits per heavy atom. The van der Waals surface area contributed by atoms with Crippen LogP contribution in [0.15, 0.2) is 0 Å². The van der Waals surface area contributed by atoms with Crippen LogP contribution < -0.4 is 0 Å². The number of carbonyl (C=O) groups excluding carboxylic acids is 2. The Kier molecular flexibility index (Phi) is 8.32. The van der Waals surface area contributed by atoms with E-state index in [9.17, 15) is 14.7 Å². The molecule has 142 valence electrons. The van der Waals surface area contributed by atoms with E-state index in [0.29, 0.717) is 6.61 Å². The van der Waals surface area contributed by atoms with Gasteiger partial charge in [0.1, 0.15) is 6.42 Å². The monoisotopic (exact) mass is 360 g/mol. The molecule has 0 heterocycles. The standard InChI is InChI=1S/C18H36O5Si/c1-10-22-15(20)11-14(19)18(6,7)16(21)13(2)12-23-24(8,9)17(3,4)5/h13,16,21H,10-12H2,1-9H3/t13-,16+/m1/s1. The first kappa shape index (κ1) is 23.3. The molecule has 0 bridgehead atoms. The molecule has 0 fully saturated rings. The highest BCUT2D eigenvalue weighted by Crippen LogP contribution is 2.37. The number of Topliss-reactive ketones (excluding diaryl/α,β-unsaturated/α-hetero) is 1. The van der Waals surface area contributed by atoms with Crippen LogP contribution in [-0.4, -0.2) is 44.5 Å². The Bertz CT molecular complexity index is 437. The minimum absolute atomic E-state index is 0.0902. The van der Waals surface area contributed by atoms with E-state index < -0.39 is 25.8 Å². The lowest BCUT2D eigenvalue weighted by Gasteiger charge is -2.39. The van der Waals surface area contributed by atoms with Crippen LogP contribution in [0, 0.1) is 11.3 Å². The number of aliphatic hydroxyl groups is 1. The van der Waals surface area contributed by atoms with Crippen molar-refractivity contribution in [3.8, 4) is 0 Å². The number of hydrogen-bond acceptors (Lipinski definition) is 5. The van der Waals surface area contributed by atoms with E-state index in [1.54, 1.807) is 20.8 Å². The Morgan fingerprint density at radius 3 is 2.04 bits per heavy atom. The Labute approximate surface area is 148 Å². The molecule has 0 saturated carbocycles. The number of ether oxygens (including phenoxy) is 1. The maximum atomic E-state index is 12.4. The second-order valence-electron chi connectivity index (χ2n) is 8.62. The van der Waals surface area contributed by atoms with E-state index in [2.05, 4.69) is 33.9 Å². The zero-order chi connectivity index (χ0) is 19.3. The van der Waals surface area contributed by atoms with Gasteiger partial charge in [-0.05, 0) is 25.1 Å². The largest absolute Gasteiger partial charge is 0.466 e. The molecule has 2 atom stereocenters. The lowest BCUT2D eigenvalue weighted by atomic mass is 9.76. The first-order valence-corrected chi connectivity index (χ1v) is 11.6. The lowest BCUT2D eigenvalue weighted by molar-refractivity contribution is -0.150. The van der Waals surface area contributed by atoms with Gasteiger partial charge < -0.3 is 14.3 Å². The van der Waals surface area contributed by atoms with Gasteiger partial charge in [0, 0.05) is 12.5 Å². The van der Waals surface area contributed by atoms with Crippen LogP contribution in [0.3, 0.4) is 0 Å². The van der Waals surface area contributed by atoms with Gasteiger partial charge in [-0.25, -0.2) is 0 Å². The highest BCUT2D eigenvalue weighted by molar-refractivity contribution is 6.74.